The van der Waals surface area contributed by atoms with Crippen LogP contribution in [-0.2, 0) is 9.59 Å². The van der Waals surface area contributed by atoms with Gasteiger partial charge in [0.15, 0.2) is 5.11 Å². The number of halogens is 1. The minimum Gasteiger partial charge on any atom is -0.466 e. The second-order valence-electron chi connectivity index (χ2n) is 5.28. The molecule has 7 heteroatoms. The number of carbonyl (C=O) groups is 2. The molecule has 1 saturated heterocycles. The molecule has 0 unspecified atom stereocenters. The number of amides is 2. The zero-order valence-electron chi connectivity index (χ0n) is 12.9. The van der Waals surface area contributed by atoms with E-state index >= 15 is 0 Å². The van der Waals surface area contributed by atoms with E-state index in [-0.39, 0.29) is 16.4 Å². The molecule has 1 aromatic heterocycles. The number of carbonyl (C=O) groups excluding carboxylic acids is 2. The van der Waals surface area contributed by atoms with Gasteiger partial charge in [-0.15, -0.1) is 0 Å². The second-order valence-corrected chi connectivity index (χ2v) is 5.66. The van der Waals surface area contributed by atoms with Gasteiger partial charge in [0.2, 0.25) is 0 Å². The van der Waals surface area contributed by atoms with Gasteiger partial charge in [0.05, 0.1) is 5.69 Å². The molecule has 2 amide bonds. The SMILES string of the molecule is Cc1cc(/C=C2\C(=O)NC(=S)N(c3ccccc3F)C2=O)c(C)o1. The lowest BCUT2D eigenvalue weighted by Crippen LogP contribution is -2.54. The maximum absolute atomic E-state index is 14.0. The Balaban J connectivity index is 2.07. The van der Waals surface area contributed by atoms with Crippen LogP contribution in [-0.4, -0.2) is 16.9 Å². The molecule has 2 heterocycles. The molecule has 1 fully saturated rings. The molecule has 0 saturated carbocycles. The van der Waals surface area contributed by atoms with Crippen LogP contribution in [0.25, 0.3) is 6.08 Å². The molecule has 1 aromatic carbocycles. The van der Waals surface area contributed by atoms with Gasteiger partial charge in [0.25, 0.3) is 11.8 Å². The average molecular weight is 344 g/mol. The van der Waals surface area contributed by atoms with E-state index in [1.807, 2.05) is 0 Å². The monoisotopic (exact) mass is 344 g/mol. The van der Waals surface area contributed by atoms with Crippen LogP contribution in [0.1, 0.15) is 17.1 Å². The van der Waals surface area contributed by atoms with E-state index in [1.54, 1.807) is 26.0 Å². The molecule has 5 nitrogen and oxygen atoms in total. The number of furan rings is 1. The summed E-state index contributed by atoms with van der Waals surface area (Å²) < 4.78 is 19.4. The van der Waals surface area contributed by atoms with E-state index < -0.39 is 17.6 Å². The van der Waals surface area contributed by atoms with Crippen molar-refractivity contribution in [1.29, 1.82) is 0 Å². The zero-order chi connectivity index (χ0) is 17.4. The molecule has 24 heavy (non-hydrogen) atoms. The van der Waals surface area contributed by atoms with Crippen LogP contribution in [0.2, 0.25) is 0 Å². The number of nitrogens with one attached hydrogen (secondary N) is 1. The van der Waals surface area contributed by atoms with Gasteiger partial charge in [0, 0.05) is 5.56 Å². The Hall–Kier alpha value is -2.80. The highest BCUT2D eigenvalue weighted by Crippen LogP contribution is 2.25. The third kappa shape index (κ3) is 2.74. The minimum atomic E-state index is -0.688. The highest BCUT2D eigenvalue weighted by Gasteiger charge is 2.35. The summed E-state index contributed by atoms with van der Waals surface area (Å²) in [6.45, 7) is 3.49. The molecule has 0 radical (unpaired) electrons. The van der Waals surface area contributed by atoms with Crippen LogP contribution in [0, 0.1) is 19.7 Å². The summed E-state index contributed by atoms with van der Waals surface area (Å²) >= 11 is 5.03. The maximum atomic E-state index is 14.0. The fraction of sp³-hybridized carbons (Fsp3) is 0.118. The van der Waals surface area contributed by atoms with E-state index in [1.165, 1.54) is 24.3 Å². The number of aryl methyl sites for hydroxylation is 2. The van der Waals surface area contributed by atoms with Crippen molar-refractivity contribution in [2.45, 2.75) is 13.8 Å². The molecule has 1 aliphatic rings. The predicted molar refractivity (Wildman–Crippen MR) is 90.8 cm³/mol. The number of rotatable bonds is 2. The van der Waals surface area contributed by atoms with Gasteiger partial charge in [-0.25, -0.2) is 9.29 Å². The number of hydrogen-bond acceptors (Lipinski definition) is 4. The fourth-order valence-corrected chi connectivity index (χ4v) is 2.73. The highest BCUT2D eigenvalue weighted by atomic mass is 32.1. The molecule has 2 aromatic rings. The summed E-state index contributed by atoms with van der Waals surface area (Å²) in [6.07, 6.45) is 1.42. The van der Waals surface area contributed by atoms with Gasteiger partial charge in [-0.1, -0.05) is 12.1 Å². The fourth-order valence-electron chi connectivity index (χ4n) is 2.46. The van der Waals surface area contributed by atoms with Gasteiger partial charge in [-0.2, -0.15) is 0 Å². The lowest BCUT2D eigenvalue weighted by atomic mass is 10.1. The number of hydrogen-bond donors (Lipinski definition) is 1. The van der Waals surface area contributed by atoms with Crippen LogP contribution >= 0.6 is 12.2 Å². The molecule has 3 rings (SSSR count). The summed E-state index contributed by atoms with van der Waals surface area (Å²) in [5, 5.41) is 2.25. The average Bonchev–Trinajstić information content (AvgIpc) is 2.83. The van der Waals surface area contributed by atoms with Crippen molar-refractivity contribution >= 4 is 40.9 Å². The first-order valence-electron chi connectivity index (χ1n) is 7.11. The Morgan fingerprint density at radius 3 is 2.58 bits per heavy atom. The first kappa shape index (κ1) is 16.1. The Bertz CT molecular complexity index is 901. The molecule has 0 aliphatic carbocycles. The van der Waals surface area contributed by atoms with Crippen LogP contribution in [0.5, 0.6) is 0 Å². The number of benzene rings is 1. The topological polar surface area (TPSA) is 62.6 Å². The number of anilines is 1. The van der Waals surface area contributed by atoms with Crippen molar-refractivity contribution in [3.8, 4) is 0 Å². The van der Waals surface area contributed by atoms with Gasteiger partial charge in [0.1, 0.15) is 22.9 Å². The van der Waals surface area contributed by atoms with Crippen LogP contribution in [0.15, 0.2) is 40.3 Å². The Kier molecular flexibility index (Phi) is 4.02. The van der Waals surface area contributed by atoms with Crippen molar-refractivity contribution in [2.75, 3.05) is 4.90 Å². The summed E-state index contributed by atoms with van der Waals surface area (Å²) in [5.41, 5.74) is 0.446. The summed E-state index contributed by atoms with van der Waals surface area (Å²) in [7, 11) is 0. The lowest BCUT2D eigenvalue weighted by molar-refractivity contribution is -0.122. The molecule has 122 valence electrons. The standard InChI is InChI=1S/C17H13FN2O3S/c1-9-7-11(10(2)23-9)8-12-15(21)19-17(24)20(16(12)22)14-6-4-3-5-13(14)18/h3-8H,1-2H3,(H,19,21,24)/b12-8+. The molecule has 0 atom stereocenters. The smallest absolute Gasteiger partial charge is 0.270 e. The van der Waals surface area contributed by atoms with E-state index in [2.05, 4.69) is 5.32 Å². The predicted octanol–water partition coefficient (Wildman–Crippen LogP) is 2.87. The Morgan fingerprint density at radius 2 is 1.96 bits per heavy atom. The highest BCUT2D eigenvalue weighted by molar-refractivity contribution is 7.80. The van der Waals surface area contributed by atoms with Crippen LogP contribution < -0.4 is 10.2 Å². The number of nitrogens with zero attached hydrogens (tertiary/aromatic N) is 1. The van der Waals surface area contributed by atoms with E-state index in [0.717, 1.165) is 4.90 Å². The van der Waals surface area contributed by atoms with Gasteiger partial charge in [-0.3, -0.25) is 14.9 Å². The summed E-state index contributed by atoms with van der Waals surface area (Å²) in [4.78, 5) is 25.9. The molecular formula is C17H13FN2O3S. The van der Waals surface area contributed by atoms with Gasteiger partial charge >= 0.3 is 0 Å². The maximum Gasteiger partial charge on any atom is 0.270 e. The van der Waals surface area contributed by atoms with Crippen molar-refractivity contribution in [1.82, 2.24) is 5.32 Å². The van der Waals surface area contributed by atoms with E-state index in [0.29, 0.717) is 17.1 Å². The third-order valence-corrected chi connectivity index (χ3v) is 3.86. The Morgan fingerprint density at radius 1 is 1.25 bits per heavy atom. The molecular weight excluding hydrogens is 331 g/mol. The van der Waals surface area contributed by atoms with E-state index in [4.69, 9.17) is 16.6 Å². The van der Waals surface area contributed by atoms with Crippen molar-refractivity contribution < 1.29 is 18.4 Å². The van der Waals surface area contributed by atoms with Crippen molar-refractivity contribution in [3.05, 3.63) is 58.8 Å². The lowest BCUT2D eigenvalue weighted by Gasteiger charge is -2.29. The van der Waals surface area contributed by atoms with Crippen LogP contribution in [0.3, 0.4) is 0 Å². The van der Waals surface area contributed by atoms with Gasteiger partial charge < -0.3 is 4.42 Å². The largest absolute Gasteiger partial charge is 0.466 e. The summed E-state index contributed by atoms with van der Waals surface area (Å²) in [5.74, 6) is -0.697. The van der Waals surface area contributed by atoms with Crippen molar-refractivity contribution in [3.63, 3.8) is 0 Å². The van der Waals surface area contributed by atoms with E-state index in [9.17, 15) is 14.0 Å². The molecule has 0 bridgehead atoms. The van der Waals surface area contributed by atoms with Gasteiger partial charge in [-0.05, 0) is 50.3 Å². The second kappa shape index (κ2) is 6.01. The van der Waals surface area contributed by atoms with Crippen molar-refractivity contribution in [2.24, 2.45) is 0 Å². The molecule has 0 spiro atoms. The number of thiocarbonyl (C=S) groups is 1. The third-order valence-electron chi connectivity index (χ3n) is 3.57. The zero-order valence-corrected chi connectivity index (χ0v) is 13.7. The quantitative estimate of drug-likeness (QED) is 0.517. The first-order chi connectivity index (χ1) is 11.4. The van der Waals surface area contributed by atoms with Crippen LogP contribution in [0.4, 0.5) is 10.1 Å². The normalized spacial score (nSPS) is 16.7. The Labute approximate surface area is 142 Å². The number of para-hydroxylation sites is 1. The first-order valence-corrected chi connectivity index (χ1v) is 7.52. The minimum absolute atomic E-state index is 0.0153. The molecule has 1 N–H and O–H groups in total. The summed E-state index contributed by atoms with van der Waals surface area (Å²) in [6, 6.07) is 7.43. The molecule has 1 aliphatic heterocycles.